The summed E-state index contributed by atoms with van der Waals surface area (Å²) in [7, 11) is 1.59. The molecule has 0 aliphatic carbocycles. The molecule has 3 aromatic rings. The Hall–Kier alpha value is -2.98. The van der Waals surface area contributed by atoms with E-state index in [1.165, 1.54) is 0 Å². The number of para-hydroxylation sites is 1. The van der Waals surface area contributed by atoms with E-state index >= 15 is 0 Å². The number of aromatic nitrogens is 2. The number of H-pyrrole nitrogens is 1. The fourth-order valence-electron chi connectivity index (χ4n) is 4.59. The lowest BCUT2D eigenvalue weighted by Gasteiger charge is -2.44. The molecule has 0 saturated carbocycles. The Bertz CT molecular complexity index is 1150. The predicted molar refractivity (Wildman–Crippen MR) is 117 cm³/mol. The van der Waals surface area contributed by atoms with E-state index in [-0.39, 0.29) is 23.7 Å². The van der Waals surface area contributed by atoms with E-state index in [9.17, 15) is 13.2 Å². The molecule has 2 aromatic carbocycles. The second-order valence-electron chi connectivity index (χ2n) is 8.37. The zero-order valence-electron chi connectivity index (χ0n) is 18.3. The molecule has 3 atom stereocenters. The first kappa shape index (κ1) is 21.8. The van der Waals surface area contributed by atoms with Gasteiger partial charge >= 0.3 is 6.18 Å². The number of morpholine rings is 1. The number of ether oxygens (including phenoxy) is 3. The van der Waals surface area contributed by atoms with E-state index < -0.39 is 12.0 Å². The van der Waals surface area contributed by atoms with Crippen LogP contribution in [0.2, 0.25) is 0 Å². The number of nitrogens with one attached hydrogen (secondary N) is 2. The summed E-state index contributed by atoms with van der Waals surface area (Å²) < 4.78 is 56.9. The maximum atomic E-state index is 13.3. The van der Waals surface area contributed by atoms with Gasteiger partial charge in [-0.1, -0.05) is 6.07 Å². The zero-order chi connectivity index (χ0) is 23.2. The number of hydrogen-bond acceptors (Lipinski definition) is 6. The van der Waals surface area contributed by atoms with Crippen molar-refractivity contribution in [3.05, 3.63) is 47.8 Å². The fraction of sp³-hybridized carbons (Fsp3) is 0.435. The van der Waals surface area contributed by atoms with E-state index in [1.807, 2.05) is 25.1 Å². The summed E-state index contributed by atoms with van der Waals surface area (Å²) in [5, 5.41) is 3.49. The molecule has 0 spiro atoms. The van der Waals surface area contributed by atoms with Crippen LogP contribution in [-0.2, 0) is 10.9 Å². The lowest BCUT2D eigenvalue weighted by atomic mass is 9.93. The number of anilines is 1. The van der Waals surface area contributed by atoms with Crippen molar-refractivity contribution in [1.82, 2.24) is 14.9 Å². The molecule has 0 amide bonds. The van der Waals surface area contributed by atoms with Gasteiger partial charge in [0, 0.05) is 24.7 Å². The van der Waals surface area contributed by atoms with Gasteiger partial charge < -0.3 is 24.5 Å². The quantitative estimate of drug-likeness (QED) is 0.605. The highest BCUT2D eigenvalue weighted by Crippen LogP contribution is 2.40. The van der Waals surface area contributed by atoms with Crippen LogP contribution in [0.1, 0.15) is 24.4 Å². The monoisotopic (exact) mass is 462 g/mol. The molecular formula is C23H25F3N4O3. The van der Waals surface area contributed by atoms with E-state index in [4.69, 9.17) is 14.2 Å². The highest BCUT2D eigenvalue weighted by Gasteiger charge is 2.38. The van der Waals surface area contributed by atoms with Crippen LogP contribution >= 0.6 is 0 Å². The van der Waals surface area contributed by atoms with Gasteiger partial charge in [-0.2, -0.15) is 13.2 Å². The Morgan fingerprint density at radius 3 is 2.85 bits per heavy atom. The Labute approximate surface area is 188 Å². The topological polar surface area (TPSA) is 71.6 Å². The number of alkyl halides is 3. The first-order valence-corrected chi connectivity index (χ1v) is 10.8. The lowest BCUT2D eigenvalue weighted by Crippen LogP contribution is -2.54. The molecule has 5 rings (SSSR count). The van der Waals surface area contributed by atoms with Gasteiger partial charge in [-0.3, -0.25) is 4.90 Å². The number of aromatic amines is 1. The predicted octanol–water partition coefficient (Wildman–Crippen LogP) is 4.23. The van der Waals surface area contributed by atoms with Crippen molar-refractivity contribution in [2.45, 2.75) is 31.3 Å². The number of benzene rings is 2. The van der Waals surface area contributed by atoms with Crippen molar-refractivity contribution in [2.24, 2.45) is 0 Å². The van der Waals surface area contributed by atoms with Gasteiger partial charge in [-0.25, -0.2) is 4.98 Å². The molecule has 2 aliphatic rings. The van der Waals surface area contributed by atoms with E-state index in [1.54, 1.807) is 25.3 Å². The summed E-state index contributed by atoms with van der Waals surface area (Å²) in [6.07, 6.45) is -4.47. The van der Waals surface area contributed by atoms with Gasteiger partial charge in [-0.05, 0) is 31.2 Å². The summed E-state index contributed by atoms with van der Waals surface area (Å²) >= 11 is 0. The minimum Gasteiger partial charge on any atom is -0.497 e. The van der Waals surface area contributed by atoms with E-state index in [2.05, 4.69) is 20.2 Å². The molecule has 1 aromatic heterocycles. The van der Waals surface area contributed by atoms with Gasteiger partial charge in [0.15, 0.2) is 0 Å². The Kier molecular flexibility index (Phi) is 5.57. The van der Waals surface area contributed by atoms with Gasteiger partial charge in [0.25, 0.3) is 0 Å². The second-order valence-corrected chi connectivity index (χ2v) is 8.37. The third-order valence-electron chi connectivity index (χ3n) is 6.18. The molecule has 176 valence electrons. The molecule has 2 N–H and O–H groups in total. The smallest absolute Gasteiger partial charge is 0.449 e. The van der Waals surface area contributed by atoms with Crippen molar-refractivity contribution in [3.8, 4) is 11.5 Å². The summed E-state index contributed by atoms with van der Waals surface area (Å²) in [4.78, 5) is 8.55. The second kappa shape index (κ2) is 8.42. The normalized spacial score (nSPS) is 23.7. The molecule has 2 aliphatic heterocycles. The molecule has 0 bridgehead atoms. The summed E-state index contributed by atoms with van der Waals surface area (Å²) in [5.41, 5.74) is 2.01. The molecule has 0 radical (unpaired) electrons. The van der Waals surface area contributed by atoms with E-state index in [0.717, 1.165) is 18.7 Å². The average molecular weight is 462 g/mol. The SMILES string of the molecule is COc1ccc2c(c1)OCC(N1CCOC(C)C1)C2Nc1cccc2[nH]c(C(F)(F)F)nc12. The molecule has 3 unspecified atom stereocenters. The third-order valence-corrected chi connectivity index (χ3v) is 6.18. The van der Waals surface area contributed by atoms with Crippen LogP contribution in [0, 0.1) is 0 Å². The van der Waals surface area contributed by atoms with Crippen molar-refractivity contribution >= 4 is 16.7 Å². The van der Waals surface area contributed by atoms with Crippen molar-refractivity contribution < 1.29 is 27.4 Å². The Morgan fingerprint density at radius 2 is 2.09 bits per heavy atom. The standard InChI is InChI=1S/C23H25F3N4O3/c1-13-11-30(8-9-32-13)18-12-33-19-10-14(31-2)6-7-15(19)20(18)27-16-4-3-5-17-21(16)29-22(28-17)23(24,25)26/h3-7,10,13,18,20,27H,8-9,11-12H2,1-2H3,(H,28,29). The van der Waals surface area contributed by atoms with Crippen LogP contribution in [0.5, 0.6) is 11.5 Å². The molecule has 1 saturated heterocycles. The summed E-state index contributed by atoms with van der Waals surface area (Å²) in [6.45, 7) is 4.55. The van der Waals surface area contributed by atoms with Gasteiger partial charge in [-0.15, -0.1) is 0 Å². The molecule has 10 heteroatoms. The van der Waals surface area contributed by atoms with Crippen LogP contribution in [0.15, 0.2) is 36.4 Å². The zero-order valence-corrected chi connectivity index (χ0v) is 18.3. The minimum atomic E-state index is -4.55. The summed E-state index contributed by atoms with van der Waals surface area (Å²) in [5.74, 6) is 0.354. The van der Waals surface area contributed by atoms with Crippen LogP contribution in [0.3, 0.4) is 0 Å². The van der Waals surface area contributed by atoms with Crippen LogP contribution in [0.4, 0.5) is 18.9 Å². The maximum Gasteiger partial charge on any atom is 0.449 e. The molecule has 3 heterocycles. The molecule has 1 fully saturated rings. The van der Waals surface area contributed by atoms with Crippen molar-refractivity contribution in [1.29, 1.82) is 0 Å². The number of halogens is 3. The number of hydrogen-bond donors (Lipinski definition) is 2. The highest BCUT2D eigenvalue weighted by molar-refractivity contribution is 5.88. The first-order chi connectivity index (χ1) is 15.8. The van der Waals surface area contributed by atoms with Gasteiger partial charge in [0.1, 0.15) is 23.6 Å². The fourth-order valence-corrected chi connectivity index (χ4v) is 4.59. The van der Waals surface area contributed by atoms with Crippen molar-refractivity contribution in [2.75, 3.05) is 38.7 Å². The molecule has 7 nitrogen and oxygen atoms in total. The van der Waals surface area contributed by atoms with Crippen molar-refractivity contribution in [3.63, 3.8) is 0 Å². The number of methoxy groups -OCH3 is 1. The van der Waals surface area contributed by atoms with Crippen LogP contribution in [-0.4, -0.2) is 60.4 Å². The highest BCUT2D eigenvalue weighted by atomic mass is 19.4. The lowest BCUT2D eigenvalue weighted by molar-refractivity contribution is -0.144. The minimum absolute atomic E-state index is 0.0477. The van der Waals surface area contributed by atoms with Crippen LogP contribution in [0.25, 0.3) is 11.0 Å². The van der Waals surface area contributed by atoms with Crippen LogP contribution < -0.4 is 14.8 Å². The Morgan fingerprint density at radius 1 is 1.24 bits per heavy atom. The molecule has 33 heavy (non-hydrogen) atoms. The number of rotatable bonds is 4. The van der Waals surface area contributed by atoms with Gasteiger partial charge in [0.2, 0.25) is 5.82 Å². The maximum absolute atomic E-state index is 13.3. The first-order valence-electron chi connectivity index (χ1n) is 10.8. The van der Waals surface area contributed by atoms with E-state index in [0.29, 0.717) is 35.9 Å². The third kappa shape index (κ3) is 4.20. The Balaban J connectivity index is 1.55. The van der Waals surface area contributed by atoms with Gasteiger partial charge in [0.05, 0.1) is 43.1 Å². The number of fused-ring (bicyclic) bond motifs is 2. The average Bonchev–Trinajstić information content (AvgIpc) is 3.25. The molecular weight excluding hydrogens is 437 g/mol. The number of imidazole rings is 1. The summed E-state index contributed by atoms with van der Waals surface area (Å²) in [6, 6.07) is 10.4. The number of nitrogens with zero attached hydrogens (tertiary/aromatic N) is 2. The largest absolute Gasteiger partial charge is 0.497 e.